The Labute approximate surface area is 109 Å². The van der Waals surface area contributed by atoms with Crippen LogP contribution >= 0.6 is 0 Å². The maximum Gasteiger partial charge on any atom is 0.309 e. The van der Waals surface area contributed by atoms with Gasteiger partial charge in [-0.3, -0.25) is 4.79 Å². The molecule has 0 aliphatic carbocycles. The van der Waals surface area contributed by atoms with Crippen molar-refractivity contribution in [3.05, 3.63) is 35.4 Å². The molecule has 0 radical (unpaired) electrons. The van der Waals surface area contributed by atoms with Crippen LogP contribution in [0.2, 0.25) is 0 Å². The van der Waals surface area contributed by atoms with Gasteiger partial charge in [-0.25, -0.2) is 0 Å². The maximum absolute atomic E-state index is 11.1. The van der Waals surface area contributed by atoms with Gasteiger partial charge in [-0.2, -0.15) is 0 Å². The van der Waals surface area contributed by atoms with Crippen LogP contribution in [0, 0.1) is 5.92 Å². The van der Waals surface area contributed by atoms with Crippen LogP contribution in [0.25, 0.3) is 0 Å². The zero-order chi connectivity index (χ0) is 13.5. The average Bonchev–Trinajstić information content (AvgIpc) is 2.36. The molecule has 0 saturated carbocycles. The molecular weight excluding hydrogens is 228 g/mol. The van der Waals surface area contributed by atoms with Gasteiger partial charge in [0.25, 0.3) is 0 Å². The van der Waals surface area contributed by atoms with Gasteiger partial charge in [-0.1, -0.05) is 38.1 Å². The summed E-state index contributed by atoms with van der Waals surface area (Å²) < 4.78 is 10.4. The Morgan fingerprint density at radius 2 is 1.78 bits per heavy atom. The summed E-state index contributed by atoms with van der Waals surface area (Å²) in [5.41, 5.74) is 2.09. The molecule has 3 heteroatoms. The molecule has 1 rings (SSSR count). The highest BCUT2D eigenvalue weighted by atomic mass is 16.5. The number of esters is 1. The van der Waals surface area contributed by atoms with E-state index in [0.717, 1.165) is 17.7 Å². The summed E-state index contributed by atoms with van der Waals surface area (Å²) in [6.45, 7) is 7.06. The van der Waals surface area contributed by atoms with E-state index in [1.807, 2.05) is 31.2 Å². The Morgan fingerprint density at radius 1 is 1.17 bits per heavy atom. The van der Waals surface area contributed by atoms with E-state index in [9.17, 15) is 4.79 Å². The molecule has 0 aliphatic heterocycles. The lowest BCUT2D eigenvalue weighted by Crippen LogP contribution is -2.07. The maximum atomic E-state index is 11.1. The minimum atomic E-state index is -0.216. The van der Waals surface area contributed by atoms with Crippen molar-refractivity contribution in [2.24, 2.45) is 5.92 Å². The molecule has 0 heterocycles. The van der Waals surface area contributed by atoms with Gasteiger partial charge in [0.15, 0.2) is 0 Å². The lowest BCUT2D eigenvalue weighted by Gasteiger charge is -2.15. The second kappa shape index (κ2) is 7.17. The number of hydrogen-bond acceptors (Lipinski definition) is 3. The van der Waals surface area contributed by atoms with E-state index in [4.69, 9.17) is 4.74 Å². The summed E-state index contributed by atoms with van der Waals surface area (Å²) in [6, 6.07) is 7.90. The highest BCUT2D eigenvalue weighted by Crippen LogP contribution is 2.18. The minimum absolute atomic E-state index is 0.0829. The molecule has 1 aromatic carbocycles. The van der Waals surface area contributed by atoms with Crippen LogP contribution in [0.15, 0.2) is 24.3 Å². The third kappa shape index (κ3) is 4.88. The zero-order valence-electron chi connectivity index (χ0n) is 11.6. The number of carbonyl (C=O) groups is 1. The van der Waals surface area contributed by atoms with Crippen molar-refractivity contribution in [1.82, 2.24) is 0 Å². The minimum Gasteiger partial charge on any atom is -0.469 e. The van der Waals surface area contributed by atoms with Crippen molar-refractivity contribution in [1.29, 1.82) is 0 Å². The van der Waals surface area contributed by atoms with Crippen LogP contribution in [0.3, 0.4) is 0 Å². The molecule has 1 unspecified atom stereocenters. The van der Waals surface area contributed by atoms with E-state index in [0.29, 0.717) is 12.3 Å². The second-order valence-electron chi connectivity index (χ2n) is 4.86. The molecule has 0 bridgehead atoms. The molecule has 100 valence electrons. The normalized spacial score (nSPS) is 12.5. The van der Waals surface area contributed by atoms with E-state index in [2.05, 4.69) is 18.6 Å². The number of carbonyl (C=O) groups excluding carboxylic acids is 1. The fraction of sp³-hybridized carbons (Fsp3) is 0.533. The van der Waals surface area contributed by atoms with E-state index < -0.39 is 0 Å². The molecule has 3 nitrogen and oxygen atoms in total. The number of benzene rings is 1. The fourth-order valence-electron chi connectivity index (χ4n) is 1.58. The summed E-state index contributed by atoms with van der Waals surface area (Å²) >= 11 is 0. The molecule has 0 amide bonds. The van der Waals surface area contributed by atoms with Gasteiger partial charge in [0.2, 0.25) is 0 Å². The molecule has 0 aliphatic rings. The van der Waals surface area contributed by atoms with Crippen LogP contribution in [0.4, 0.5) is 0 Å². The largest absolute Gasteiger partial charge is 0.469 e. The lowest BCUT2D eigenvalue weighted by atomic mass is 10.1. The Bertz CT molecular complexity index is 368. The van der Waals surface area contributed by atoms with Gasteiger partial charge in [0, 0.05) is 6.61 Å². The van der Waals surface area contributed by atoms with E-state index in [-0.39, 0.29) is 12.1 Å². The number of ether oxygens (including phenoxy) is 2. The van der Waals surface area contributed by atoms with E-state index in [1.165, 1.54) is 7.11 Å². The van der Waals surface area contributed by atoms with Crippen LogP contribution in [-0.2, 0) is 20.7 Å². The first-order valence-corrected chi connectivity index (χ1v) is 6.30. The quantitative estimate of drug-likeness (QED) is 0.728. The molecule has 0 N–H and O–H groups in total. The number of rotatable bonds is 6. The van der Waals surface area contributed by atoms with Crippen molar-refractivity contribution in [2.45, 2.75) is 33.3 Å². The SMILES string of the molecule is COC(=O)Cc1ccc(C(C)OCC(C)C)cc1. The van der Waals surface area contributed by atoms with Crippen LogP contribution in [0.5, 0.6) is 0 Å². The van der Waals surface area contributed by atoms with Crippen LogP contribution in [0.1, 0.15) is 38.0 Å². The molecular formula is C15H22O3. The average molecular weight is 250 g/mol. The summed E-state index contributed by atoms with van der Waals surface area (Å²) in [7, 11) is 1.40. The van der Waals surface area contributed by atoms with Crippen molar-refractivity contribution in [3.8, 4) is 0 Å². The van der Waals surface area contributed by atoms with Gasteiger partial charge in [-0.15, -0.1) is 0 Å². The van der Waals surface area contributed by atoms with E-state index in [1.54, 1.807) is 0 Å². The standard InChI is InChI=1S/C15H22O3/c1-11(2)10-18-12(3)14-7-5-13(6-8-14)9-15(16)17-4/h5-8,11-12H,9-10H2,1-4H3. The van der Waals surface area contributed by atoms with Crippen molar-refractivity contribution >= 4 is 5.97 Å². The molecule has 0 aromatic heterocycles. The van der Waals surface area contributed by atoms with Gasteiger partial charge in [0.05, 0.1) is 19.6 Å². The molecule has 1 aromatic rings. The first-order chi connectivity index (χ1) is 8.52. The molecule has 1 atom stereocenters. The third-order valence-electron chi connectivity index (χ3n) is 2.70. The summed E-state index contributed by atoms with van der Waals surface area (Å²) in [6.07, 6.45) is 0.400. The molecule has 0 fully saturated rings. The van der Waals surface area contributed by atoms with E-state index >= 15 is 0 Å². The first-order valence-electron chi connectivity index (χ1n) is 6.30. The van der Waals surface area contributed by atoms with Gasteiger partial charge < -0.3 is 9.47 Å². The first kappa shape index (κ1) is 14.7. The van der Waals surface area contributed by atoms with Crippen molar-refractivity contribution in [2.75, 3.05) is 13.7 Å². The molecule has 0 spiro atoms. The predicted octanol–water partition coefficient (Wildman–Crippen LogP) is 3.14. The van der Waals surface area contributed by atoms with Gasteiger partial charge in [0.1, 0.15) is 0 Å². The fourth-order valence-corrected chi connectivity index (χ4v) is 1.58. The topological polar surface area (TPSA) is 35.5 Å². The highest BCUT2D eigenvalue weighted by molar-refractivity contribution is 5.72. The van der Waals surface area contributed by atoms with Gasteiger partial charge >= 0.3 is 5.97 Å². The summed E-state index contributed by atoms with van der Waals surface area (Å²) in [5.74, 6) is 0.318. The molecule has 18 heavy (non-hydrogen) atoms. The predicted molar refractivity (Wildman–Crippen MR) is 71.4 cm³/mol. The summed E-state index contributed by atoms with van der Waals surface area (Å²) in [4.78, 5) is 11.1. The Balaban J connectivity index is 2.56. The van der Waals surface area contributed by atoms with Crippen LogP contribution in [-0.4, -0.2) is 19.7 Å². The van der Waals surface area contributed by atoms with Crippen molar-refractivity contribution < 1.29 is 14.3 Å². The number of methoxy groups -OCH3 is 1. The Kier molecular flexibility index (Phi) is 5.86. The van der Waals surface area contributed by atoms with Crippen LogP contribution < -0.4 is 0 Å². The van der Waals surface area contributed by atoms with Crippen molar-refractivity contribution in [3.63, 3.8) is 0 Å². The smallest absolute Gasteiger partial charge is 0.309 e. The Morgan fingerprint density at radius 3 is 2.28 bits per heavy atom. The summed E-state index contributed by atoms with van der Waals surface area (Å²) in [5, 5.41) is 0. The monoisotopic (exact) mass is 250 g/mol. The number of hydrogen-bond donors (Lipinski definition) is 0. The lowest BCUT2D eigenvalue weighted by molar-refractivity contribution is -0.139. The third-order valence-corrected chi connectivity index (χ3v) is 2.70. The van der Waals surface area contributed by atoms with Gasteiger partial charge in [-0.05, 0) is 24.0 Å². The second-order valence-corrected chi connectivity index (χ2v) is 4.86. The highest BCUT2D eigenvalue weighted by Gasteiger charge is 2.08. The zero-order valence-corrected chi connectivity index (χ0v) is 11.6. The Hall–Kier alpha value is -1.35. The molecule has 0 saturated heterocycles.